The molecule has 0 aliphatic rings. The summed E-state index contributed by atoms with van der Waals surface area (Å²) in [5.41, 5.74) is 3.25. The normalized spacial score (nSPS) is 10.9. The Morgan fingerprint density at radius 1 is 0.920 bits per heavy atom. The standard InChI is InChI=1S/C17H11BrN4S3/c18-13-3-1-11(2-4-13)15-20-14(9-23-15)10-24-17-22-21-16(25-17)12-5-7-19-8-6-12/h1-9H,10H2. The molecule has 4 aromatic rings. The van der Waals surface area contributed by atoms with Crippen molar-refractivity contribution in [3.05, 3.63) is 64.3 Å². The minimum Gasteiger partial charge on any atom is -0.265 e. The molecule has 1 aromatic carbocycles. The summed E-state index contributed by atoms with van der Waals surface area (Å²) in [4.78, 5) is 8.75. The zero-order valence-corrected chi connectivity index (χ0v) is 16.8. The topological polar surface area (TPSA) is 51.6 Å². The third-order valence-corrected chi connectivity index (χ3v) is 6.93. The molecule has 4 nitrogen and oxygen atoms in total. The molecule has 0 aliphatic heterocycles. The molecule has 0 fully saturated rings. The summed E-state index contributed by atoms with van der Waals surface area (Å²) in [5, 5.41) is 12.6. The Morgan fingerprint density at radius 2 is 1.68 bits per heavy atom. The van der Waals surface area contributed by atoms with E-state index in [1.807, 2.05) is 24.3 Å². The number of hydrogen-bond acceptors (Lipinski definition) is 7. The zero-order chi connectivity index (χ0) is 17.1. The molecule has 0 atom stereocenters. The fourth-order valence-corrected chi connectivity index (χ4v) is 5.06. The van der Waals surface area contributed by atoms with Crippen LogP contribution < -0.4 is 0 Å². The molecule has 0 saturated carbocycles. The summed E-state index contributed by atoms with van der Waals surface area (Å²) in [6, 6.07) is 12.1. The molecule has 0 radical (unpaired) electrons. The van der Waals surface area contributed by atoms with Gasteiger partial charge in [0.25, 0.3) is 0 Å². The number of hydrogen-bond donors (Lipinski definition) is 0. The van der Waals surface area contributed by atoms with Crippen LogP contribution in [0.2, 0.25) is 0 Å². The van der Waals surface area contributed by atoms with Crippen LogP contribution in [-0.4, -0.2) is 20.2 Å². The lowest BCUT2D eigenvalue weighted by molar-refractivity contribution is 1.01. The van der Waals surface area contributed by atoms with E-state index in [9.17, 15) is 0 Å². The van der Waals surface area contributed by atoms with Crippen molar-refractivity contribution < 1.29 is 0 Å². The summed E-state index contributed by atoms with van der Waals surface area (Å²) < 4.78 is 2.02. The number of nitrogens with zero attached hydrogens (tertiary/aromatic N) is 4. The average Bonchev–Trinajstić information content (AvgIpc) is 3.31. The van der Waals surface area contributed by atoms with E-state index in [2.05, 4.69) is 48.6 Å². The quantitative estimate of drug-likeness (QED) is 0.363. The van der Waals surface area contributed by atoms with Gasteiger partial charge in [-0.1, -0.05) is 51.2 Å². The summed E-state index contributed by atoms with van der Waals surface area (Å²) in [5.74, 6) is 0.790. The molecule has 3 heterocycles. The van der Waals surface area contributed by atoms with Crippen LogP contribution >= 0.6 is 50.4 Å². The van der Waals surface area contributed by atoms with Gasteiger partial charge < -0.3 is 0 Å². The predicted octanol–water partition coefficient (Wildman–Crippen LogP) is 5.78. The predicted molar refractivity (Wildman–Crippen MR) is 108 cm³/mol. The number of benzene rings is 1. The van der Waals surface area contributed by atoms with Crippen LogP contribution in [0.4, 0.5) is 0 Å². The van der Waals surface area contributed by atoms with Crippen molar-refractivity contribution in [2.24, 2.45) is 0 Å². The number of halogens is 1. The molecule has 0 bridgehead atoms. The first kappa shape index (κ1) is 16.8. The first-order valence-electron chi connectivity index (χ1n) is 7.35. The van der Waals surface area contributed by atoms with Crippen molar-refractivity contribution in [3.63, 3.8) is 0 Å². The molecular formula is C17H11BrN4S3. The highest BCUT2D eigenvalue weighted by Crippen LogP contribution is 2.32. The Hall–Kier alpha value is -1.61. The molecule has 0 spiro atoms. The second-order valence-electron chi connectivity index (χ2n) is 5.05. The molecular weight excluding hydrogens is 436 g/mol. The Balaban J connectivity index is 1.42. The lowest BCUT2D eigenvalue weighted by Gasteiger charge is -1.96. The van der Waals surface area contributed by atoms with Gasteiger partial charge in [0, 0.05) is 39.1 Å². The van der Waals surface area contributed by atoms with Crippen molar-refractivity contribution in [2.45, 2.75) is 10.1 Å². The number of rotatable bonds is 5. The monoisotopic (exact) mass is 446 g/mol. The molecule has 0 aliphatic carbocycles. The molecule has 25 heavy (non-hydrogen) atoms. The minimum atomic E-state index is 0.790. The number of thioether (sulfide) groups is 1. The van der Waals surface area contributed by atoms with Crippen LogP contribution in [0.3, 0.4) is 0 Å². The van der Waals surface area contributed by atoms with Crippen molar-refractivity contribution in [2.75, 3.05) is 0 Å². The molecule has 124 valence electrons. The highest BCUT2D eigenvalue weighted by atomic mass is 79.9. The second-order valence-corrected chi connectivity index (χ2v) is 9.02. The minimum absolute atomic E-state index is 0.790. The van der Waals surface area contributed by atoms with Gasteiger partial charge in [0.1, 0.15) is 10.0 Å². The summed E-state index contributed by atoms with van der Waals surface area (Å²) in [7, 11) is 0. The van der Waals surface area contributed by atoms with Gasteiger partial charge in [0.2, 0.25) is 0 Å². The van der Waals surface area contributed by atoms with E-state index in [0.29, 0.717) is 0 Å². The summed E-state index contributed by atoms with van der Waals surface area (Å²) in [6.07, 6.45) is 3.53. The second kappa shape index (κ2) is 7.74. The SMILES string of the molecule is Brc1ccc(-c2nc(CSc3nnc(-c4ccncc4)s3)cs2)cc1. The molecule has 0 N–H and O–H groups in total. The first-order valence-corrected chi connectivity index (χ1v) is 10.8. The highest BCUT2D eigenvalue weighted by molar-refractivity contribution is 9.10. The van der Waals surface area contributed by atoms with Gasteiger partial charge in [0.15, 0.2) is 4.34 Å². The summed E-state index contributed by atoms with van der Waals surface area (Å²) >= 11 is 8.38. The third kappa shape index (κ3) is 4.14. The Labute approximate surface area is 165 Å². The van der Waals surface area contributed by atoms with Gasteiger partial charge in [-0.2, -0.15) is 0 Å². The van der Waals surface area contributed by atoms with Crippen LogP contribution in [-0.2, 0) is 5.75 Å². The molecule has 8 heteroatoms. The van der Waals surface area contributed by atoms with Gasteiger partial charge in [-0.25, -0.2) is 4.98 Å². The Bertz CT molecular complexity index is 967. The summed E-state index contributed by atoms with van der Waals surface area (Å²) in [6.45, 7) is 0. The van der Waals surface area contributed by atoms with E-state index >= 15 is 0 Å². The molecule has 0 saturated heterocycles. The van der Waals surface area contributed by atoms with E-state index in [1.165, 1.54) is 0 Å². The van der Waals surface area contributed by atoms with Crippen molar-refractivity contribution in [3.8, 4) is 21.1 Å². The number of thiazole rings is 1. The molecule has 0 unspecified atom stereocenters. The third-order valence-electron chi connectivity index (χ3n) is 3.32. The fourth-order valence-electron chi connectivity index (χ4n) is 2.11. The zero-order valence-electron chi connectivity index (χ0n) is 12.8. The maximum Gasteiger partial charge on any atom is 0.175 e. The van der Waals surface area contributed by atoms with Crippen molar-refractivity contribution >= 4 is 50.4 Å². The largest absolute Gasteiger partial charge is 0.265 e. The first-order chi connectivity index (χ1) is 12.3. The van der Waals surface area contributed by atoms with Crippen LogP contribution in [0, 0.1) is 0 Å². The van der Waals surface area contributed by atoms with Crippen LogP contribution in [0.5, 0.6) is 0 Å². The van der Waals surface area contributed by atoms with E-state index in [0.717, 1.165) is 41.4 Å². The number of pyridine rings is 1. The Kier molecular flexibility index (Phi) is 5.21. The van der Waals surface area contributed by atoms with Gasteiger partial charge >= 0.3 is 0 Å². The lowest BCUT2D eigenvalue weighted by Crippen LogP contribution is -1.82. The van der Waals surface area contributed by atoms with Crippen LogP contribution in [0.15, 0.2) is 63.0 Å². The average molecular weight is 447 g/mol. The van der Waals surface area contributed by atoms with Gasteiger partial charge in [-0.05, 0) is 24.3 Å². The van der Waals surface area contributed by atoms with Gasteiger partial charge in [-0.15, -0.1) is 21.5 Å². The van der Waals surface area contributed by atoms with E-state index < -0.39 is 0 Å². The van der Waals surface area contributed by atoms with Gasteiger partial charge in [-0.3, -0.25) is 4.98 Å². The maximum atomic E-state index is 4.72. The molecule has 4 rings (SSSR count). The highest BCUT2D eigenvalue weighted by Gasteiger charge is 2.09. The van der Waals surface area contributed by atoms with Crippen molar-refractivity contribution in [1.82, 2.24) is 20.2 Å². The fraction of sp³-hybridized carbons (Fsp3) is 0.0588. The number of aromatic nitrogens is 4. The maximum absolute atomic E-state index is 4.72. The molecule has 3 aromatic heterocycles. The Morgan fingerprint density at radius 3 is 2.48 bits per heavy atom. The smallest absolute Gasteiger partial charge is 0.175 e. The molecule has 0 amide bonds. The van der Waals surface area contributed by atoms with E-state index in [1.54, 1.807) is 46.8 Å². The van der Waals surface area contributed by atoms with Crippen LogP contribution in [0.1, 0.15) is 5.69 Å². The lowest BCUT2D eigenvalue weighted by atomic mass is 10.2. The van der Waals surface area contributed by atoms with E-state index in [4.69, 9.17) is 4.98 Å². The van der Waals surface area contributed by atoms with E-state index in [-0.39, 0.29) is 0 Å². The van der Waals surface area contributed by atoms with Crippen LogP contribution in [0.25, 0.3) is 21.1 Å². The van der Waals surface area contributed by atoms with Crippen molar-refractivity contribution in [1.29, 1.82) is 0 Å². The van der Waals surface area contributed by atoms with Gasteiger partial charge in [0.05, 0.1) is 5.69 Å².